The number of esters is 3. The van der Waals surface area contributed by atoms with E-state index in [0.717, 1.165) is 96.3 Å². The van der Waals surface area contributed by atoms with Gasteiger partial charge in [-0.3, -0.25) is 14.4 Å². The molecular formula is C63H110O6. The third-order valence-electron chi connectivity index (χ3n) is 12.7. The Kier molecular flexibility index (Phi) is 54.8. The van der Waals surface area contributed by atoms with Crippen molar-refractivity contribution in [1.82, 2.24) is 0 Å². The molecule has 0 amide bonds. The fourth-order valence-electron chi connectivity index (χ4n) is 8.36. The number of ether oxygens (including phenoxy) is 3. The van der Waals surface area contributed by atoms with Crippen LogP contribution < -0.4 is 0 Å². The molecule has 0 spiro atoms. The topological polar surface area (TPSA) is 78.9 Å². The van der Waals surface area contributed by atoms with Crippen LogP contribution in [0.25, 0.3) is 0 Å². The van der Waals surface area contributed by atoms with Gasteiger partial charge < -0.3 is 14.2 Å². The summed E-state index contributed by atoms with van der Waals surface area (Å²) >= 11 is 0. The molecule has 6 heteroatoms. The standard InChI is InChI=1S/C63H110O6/c1-4-7-10-13-16-19-22-25-27-29-31-33-35-38-41-44-47-50-53-56-62(65)68-59-60(58-67-61(64)55-52-49-46-43-40-37-24-21-18-15-12-9-6-3)69-63(66)57-54-51-48-45-42-39-36-34-32-30-28-26-23-20-17-14-11-8-5-2/h7-8,10-11,16-17,19-20,25-28,60H,4-6,9,12-15,18,21-24,29-59H2,1-3H3/b10-7-,11-8-,19-16-,20-17-,27-25-,28-26-. The van der Waals surface area contributed by atoms with E-state index in [4.69, 9.17) is 14.2 Å². The van der Waals surface area contributed by atoms with Crippen LogP contribution in [0, 0.1) is 0 Å². The number of allylic oxidation sites excluding steroid dienone is 12. The molecule has 0 aromatic heterocycles. The Bertz CT molecular complexity index is 1290. The first-order valence-electron chi connectivity index (χ1n) is 29.4. The lowest BCUT2D eigenvalue weighted by atomic mass is 10.0. The van der Waals surface area contributed by atoms with Crippen LogP contribution in [-0.4, -0.2) is 37.2 Å². The van der Waals surface area contributed by atoms with Crippen molar-refractivity contribution in [3.05, 3.63) is 72.9 Å². The van der Waals surface area contributed by atoms with Crippen LogP contribution in [0.1, 0.15) is 290 Å². The number of carbonyl (C=O) groups excluding carboxylic acids is 3. The van der Waals surface area contributed by atoms with Crippen LogP contribution in [0.5, 0.6) is 0 Å². The second-order valence-corrected chi connectivity index (χ2v) is 19.5. The summed E-state index contributed by atoms with van der Waals surface area (Å²) in [5.41, 5.74) is 0. The van der Waals surface area contributed by atoms with Crippen LogP contribution >= 0.6 is 0 Å². The Morgan fingerprint density at radius 1 is 0.304 bits per heavy atom. The zero-order valence-corrected chi connectivity index (χ0v) is 45.6. The molecule has 0 rings (SSSR count). The SMILES string of the molecule is CC/C=C\C/C=C\C/C=C\CCCCCCCCCCCC(=O)OCC(COC(=O)CCCCCCCCCCCCCCC)OC(=O)CCCCCCCCCCC/C=C\C/C=C\C/C=C\CC. The van der Waals surface area contributed by atoms with Crippen molar-refractivity contribution < 1.29 is 28.6 Å². The number of rotatable bonds is 53. The summed E-state index contributed by atoms with van der Waals surface area (Å²) in [6.45, 7) is 6.44. The molecule has 6 nitrogen and oxygen atoms in total. The fourth-order valence-corrected chi connectivity index (χ4v) is 8.36. The van der Waals surface area contributed by atoms with Gasteiger partial charge in [0.1, 0.15) is 13.2 Å². The summed E-state index contributed by atoms with van der Waals surface area (Å²) in [5.74, 6) is -0.876. The van der Waals surface area contributed by atoms with Crippen molar-refractivity contribution in [3.8, 4) is 0 Å². The summed E-state index contributed by atoms with van der Waals surface area (Å²) in [7, 11) is 0. The summed E-state index contributed by atoms with van der Waals surface area (Å²) < 4.78 is 16.9. The minimum absolute atomic E-state index is 0.0765. The highest BCUT2D eigenvalue weighted by Gasteiger charge is 2.19. The predicted octanol–water partition coefficient (Wildman–Crippen LogP) is 19.8. The predicted molar refractivity (Wildman–Crippen MR) is 298 cm³/mol. The lowest BCUT2D eigenvalue weighted by Crippen LogP contribution is -2.30. The molecule has 1 atom stereocenters. The average Bonchev–Trinajstić information content (AvgIpc) is 3.35. The highest BCUT2D eigenvalue weighted by atomic mass is 16.6. The monoisotopic (exact) mass is 963 g/mol. The van der Waals surface area contributed by atoms with Crippen molar-refractivity contribution in [3.63, 3.8) is 0 Å². The van der Waals surface area contributed by atoms with Gasteiger partial charge in [0.15, 0.2) is 6.10 Å². The Labute approximate surface area is 427 Å². The molecule has 0 aliphatic rings. The van der Waals surface area contributed by atoms with Crippen molar-refractivity contribution in [1.29, 1.82) is 0 Å². The van der Waals surface area contributed by atoms with Gasteiger partial charge in [0.25, 0.3) is 0 Å². The third-order valence-corrected chi connectivity index (χ3v) is 12.7. The van der Waals surface area contributed by atoms with E-state index in [9.17, 15) is 14.4 Å². The number of carbonyl (C=O) groups is 3. The summed E-state index contributed by atoms with van der Waals surface area (Å²) in [4.78, 5) is 38.2. The summed E-state index contributed by atoms with van der Waals surface area (Å²) in [6.07, 6.45) is 73.2. The van der Waals surface area contributed by atoms with Crippen molar-refractivity contribution in [2.75, 3.05) is 13.2 Å². The van der Waals surface area contributed by atoms with E-state index in [0.29, 0.717) is 19.3 Å². The minimum atomic E-state index is -0.779. The highest BCUT2D eigenvalue weighted by molar-refractivity contribution is 5.71. The Morgan fingerprint density at radius 3 is 0.884 bits per heavy atom. The van der Waals surface area contributed by atoms with Gasteiger partial charge in [-0.1, -0.05) is 261 Å². The number of hydrogen-bond acceptors (Lipinski definition) is 6. The quantitative estimate of drug-likeness (QED) is 0.0262. The summed E-state index contributed by atoms with van der Waals surface area (Å²) in [5, 5.41) is 0. The Balaban J connectivity index is 4.35. The first kappa shape index (κ1) is 65.8. The summed E-state index contributed by atoms with van der Waals surface area (Å²) in [6, 6.07) is 0. The molecule has 0 radical (unpaired) electrons. The van der Waals surface area contributed by atoms with Gasteiger partial charge in [0.05, 0.1) is 0 Å². The van der Waals surface area contributed by atoms with Crippen molar-refractivity contribution in [2.45, 2.75) is 297 Å². The van der Waals surface area contributed by atoms with Crippen LogP contribution in [0.15, 0.2) is 72.9 Å². The molecule has 69 heavy (non-hydrogen) atoms. The zero-order chi connectivity index (χ0) is 50.0. The van der Waals surface area contributed by atoms with Crippen LogP contribution in [0.2, 0.25) is 0 Å². The molecule has 0 bridgehead atoms. The highest BCUT2D eigenvalue weighted by Crippen LogP contribution is 2.16. The number of unbranched alkanes of at least 4 members (excludes halogenated alkanes) is 30. The lowest BCUT2D eigenvalue weighted by Gasteiger charge is -2.18. The molecule has 0 aromatic rings. The van der Waals surface area contributed by atoms with E-state index in [1.54, 1.807) is 0 Å². The largest absolute Gasteiger partial charge is 0.462 e. The second-order valence-electron chi connectivity index (χ2n) is 19.5. The van der Waals surface area contributed by atoms with Gasteiger partial charge in [-0.05, 0) is 83.5 Å². The van der Waals surface area contributed by atoms with Gasteiger partial charge in [0.2, 0.25) is 0 Å². The van der Waals surface area contributed by atoms with Crippen molar-refractivity contribution in [2.24, 2.45) is 0 Å². The molecule has 0 fully saturated rings. The second kappa shape index (κ2) is 57.4. The van der Waals surface area contributed by atoms with E-state index in [2.05, 4.69) is 93.7 Å². The number of hydrogen-bond donors (Lipinski definition) is 0. The molecular weight excluding hydrogens is 853 g/mol. The van der Waals surface area contributed by atoms with E-state index in [1.165, 1.54) is 154 Å². The van der Waals surface area contributed by atoms with E-state index < -0.39 is 6.10 Å². The maximum absolute atomic E-state index is 12.9. The minimum Gasteiger partial charge on any atom is -0.462 e. The van der Waals surface area contributed by atoms with Gasteiger partial charge in [0, 0.05) is 19.3 Å². The smallest absolute Gasteiger partial charge is 0.306 e. The molecule has 0 saturated carbocycles. The molecule has 0 saturated heterocycles. The third kappa shape index (κ3) is 55.6. The van der Waals surface area contributed by atoms with Crippen LogP contribution in [-0.2, 0) is 28.6 Å². The molecule has 1 unspecified atom stereocenters. The molecule has 0 aliphatic heterocycles. The van der Waals surface area contributed by atoms with Gasteiger partial charge in [-0.2, -0.15) is 0 Å². The van der Waals surface area contributed by atoms with Gasteiger partial charge in [-0.15, -0.1) is 0 Å². The molecule has 398 valence electrons. The maximum Gasteiger partial charge on any atom is 0.306 e. The van der Waals surface area contributed by atoms with Gasteiger partial charge >= 0.3 is 17.9 Å². The normalized spacial score (nSPS) is 12.6. The first-order chi connectivity index (χ1) is 34.0. The van der Waals surface area contributed by atoms with E-state index in [-0.39, 0.29) is 31.1 Å². The molecule has 0 aromatic carbocycles. The van der Waals surface area contributed by atoms with E-state index in [1.807, 2.05) is 0 Å². The first-order valence-corrected chi connectivity index (χ1v) is 29.4. The Morgan fingerprint density at radius 2 is 0.565 bits per heavy atom. The maximum atomic E-state index is 12.9. The average molecular weight is 964 g/mol. The molecule has 0 N–H and O–H groups in total. The van der Waals surface area contributed by atoms with Crippen LogP contribution in [0.3, 0.4) is 0 Å². The molecule has 0 aliphatic carbocycles. The van der Waals surface area contributed by atoms with Crippen LogP contribution in [0.4, 0.5) is 0 Å². The lowest BCUT2D eigenvalue weighted by molar-refractivity contribution is -0.167. The van der Waals surface area contributed by atoms with E-state index >= 15 is 0 Å². The zero-order valence-electron chi connectivity index (χ0n) is 45.6. The fraction of sp³-hybridized carbons (Fsp3) is 0.762. The Hall–Kier alpha value is -3.15. The van der Waals surface area contributed by atoms with Crippen molar-refractivity contribution >= 4 is 17.9 Å². The molecule has 0 heterocycles. The van der Waals surface area contributed by atoms with Gasteiger partial charge in [-0.25, -0.2) is 0 Å².